The molecule has 0 bridgehead atoms. The minimum Gasteiger partial charge on any atom is -0.490 e. The summed E-state index contributed by atoms with van der Waals surface area (Å²) in [6.45, 7) is 2.88. The van der Waals surface area contributed by atoms with Crippen LogP contribution in [0.15, 0.2) is 48.7 Å². The zero-order chi connectivity index (χ0) is 13.5. The van der Waals surface area contributed by atoms with E-state index in [9.17, 15) is 0 Å². The van der Waals surface area contributed by atoms with E-state index in [1.54, 1.807) is 6.20 Å². The molecule has 2 rings (SSSR count). The van der Waals surface area contributed by atoms with Gasteiger partial charge in [-0.15, -0.1) is 0 Å². The zero-order valence-corrected chi connectivity index (χ0v) is 11.0. The number of rotatable bonds is 6. The molecule has 0 aliphatic heterocycles. The molecule has 100 valence electrons. The van der Waals surface area contributed by atoms with E-state index in [1.165, 1.54) is 0 Å². The number of para-hydroxylation sites is 1. The lowest BCUT2D eigenvalue weighted by molar-refractivity contribution is 0.216. The standard InChI is InChI=1S/C15H18N2O2/c1-12(16)15-8-7-14(11-17-15)19-10-9-18-13-5-3-2-4-6-13/h2-8,11-12H,9-10,16H2,1H3. The largest absolute Gasteiger partial charge is 0.490 e. The van der Waals surface area contributed by atoms with Crippen molar-refractivity contribution in [2.45, 2.75) is 13.0 Å². The molecule has 0 saturated carbocycles. The lowest BCUT2D eigenvalue weighted by Gasteiger charge is -2.09. The fourth-order valence-corrected chi connectivity index (χ4v) is 1.58. The molecule has 0 fully saturated rings. The van der Waals surface area contributed by atoms with E-state index in [4.69, 9.17) is 15.2 Å². The van der Waals surface area contributed by atoms with E-state index in [-0.39, 0.29) is 6.04 Å². The zero-order valence-electron chi connectivity index (χ0n) is 11.0. The molecule has 1 atom stereocenters. The van der Waals surface area contributed by atoms with Gasteiger partial charge in [-0.3, -0.25) is 4.98 Å². The third-order valence-electron chi connectivity index (χ3n) is 2.59. The van der Waals surface area contributed by atoms with Gasteiger partial charge in [0.1, 0.15) is 24.7 Å². The first-order valence-electron chi connectivity index (χ1n) is 6.28. The SMILES string of the molecule is CC(N)c1ccc(OCCOc2ccccc2)cn1. The second kappa shape index (κ2) is 6.75. The van der Waals surface area contributed by atoms with Crippen molar-refractivity contribution in [3.05, 3.63) is 54.4 Å². The molecule has 0 amide bonds. The molecule has 4 nitrogen and oxygen atoms in total. The maximum Gasteiger partial charge on any atom is 0.137 e. The highest BCUT2D eigenvalue weighted by Crippen LogP contribution is 2.13. The van der Waals surface area contributed by atoms with E-state index in [1.807, 2.05) is 49.4 Å². The van der Waals surface area contributed by atoms with Crippen LogP contribution < -0.4 is 15.2 Å². The monoisotopic (exact) mass is 258 g/mol. The molecule has 1 aromatic heterocycles. The molecule has 2 aromatic rings. The van der Waals surface area contributed by atoms with Gasteiger partial charge in [0.15, 0.2) is 0 Å². The minimum atomic E-state index is -0.0598. The van der Waals surface area contributed by atoms with Crippen LogP contribution in [-0.4, -0.2) is 18.2 Å². The van der Waals surface area contributed by atoms with Crippen molar-refractivity contribution in [3.8, 4) is 11.5 Å². The van der Waals surface area contributed by atoms with E-state index in [0.717, 1.165) is 17.2 Å². The molecule has 0 aliphatic carbocycles. The number of aromatic nitrogens is 1. The van der Waals surface area contributed by atoms with Crippen molar-refractivity contribution in [3.63, 3.8) is 0 Å². The maximum absolute atomic E-state index is 5.73. The minimum absolute atomic E-state index is 0.0598. The van der Waals surface area contributed by atoms with Crippen molar-refractivity contribution >= 4 is 0 Å². The van der Waals surface area contributed by atoms with Crippen LogP contribution in [0, 0.1) is 0 Å². The van der Waals surface area contributed by atoms with Crippen LogP contribution in [0.1, 0.15) is 18.7 Å². The summed E-state index contributed by atoms with van der Waals surface area (Å²) in [7, 11) is 0. The Morgan fingerprint density at radius 1 is 1.00 bits per heavy atom. The first kappa shape index (κ1) is 13.4. The van der Waals surface area contributed by atoms with Crippen molar-refractivity contribution in [2.75, 3.05) is 13.2 Å². The van der Waals surface area contributed by atoms with Crippen LogP contribution in [0.2, 0.25) is 0 Å². The first-order valence-corrected chi connectivity index (χ1v) is 6.28. The predicted octanol–water partition coefficient (Wildman–Crippen LogP) is 2.56. The molecule has 0 spiro atoms. The van der Waals surface area contributed by atoms with Gasteiger partial charge < -0.3 is 15.2 Å². The average Bonchev–Trinajstić information content (AvgIpc) is 2.45. The molecule has 0 saturated heterocycles. The summed E-state index contributed by atoms with van der Waals surface area (Å²) < 4.78 is 11.1. The van der Waals surface area contributed by atoms with Gasteiger partial charge in [-0.1, -0.05) is 18.2 Å². The molecule has 1 heterocycles. The van der Waals surface area contributed by atoms with E-state index in [0.29, 0.717) is 13.2 Å². The summed E-state index contributed by atoms with van der Waals surface area (Å²) >= 11 is 0. The second-order valence-electron chi connectivity index (χ2n) is 4.22. The number of benzene rings is 1. The highest BCUT2D eigenvalue weighted by atomic mass is 16.5. The van der Waals surface area contributed by atoms with Crippen LogP contribution in [0.4, 0.5) is 0 Å². The van der Waals surface area contributed by atoms with Crippen LogP contribution in [0.3, 0.4) is 0 Å². The number of nitrogens with two attached hydrogens (primary N) is 1. The van der Waals surface area contributed by atoms with E-state index in [2.05, 4.69) is 4.98 Å². The molecular weight excluding hydrogens is 240 g/mol. The predicted molar refractivity (Wildman–Crippen MR) is 74.3 cm³/mol. The van der Waals surface area contributed by atoms with Crippen molar-refractivity contribution in [2.24, 2.45) is 5.73 Å². The number of pyridine rings is 1. The number of ether oxygens (including phenoxy) is 2. The Kier molecular flexibility index (Phi) is 4.75. The molecule has 1 unspecified atom stereocenters. The molecule has 0 radical (unpaired) electrons. The van der Waals surface area contributed by atoms with Crippen molar-refractivity contribution in [1.29, 1.82) is 0 Å². The Balaban J connectivity index is 1.74. The van der Waals surface area contributed by atoms with Crippen LogP contribution in [-0.2, 0) is 0 Å². The van der Waals surface area contributed by atoms with E-state index >= 15 is 0 Å². The van der Waals surface area contributed by atoms with Gasteiger partial charge in [0.25, 0.3) is 0 Å². The number of nitrogens with zero attached hydrogens (tertiary/aromatic N) is 1. The van der Waals surface area contributed by atoms with Gasteiger partial charge in [0.05, 0.1) is 11.9 Å². The lowest BCUT2D eigenvalue weighted by atomic mass is 10.2. The highest BCUT2D eigenvalue weighted by molar-refractivity contribution is 5.22. The van der Waals surface area contributed by atoms with Crippen LogP contribution in [0.5, 0.6) is 11.5 Å². The number of hydrogen-bond acceptors (Lipinski definition) is 4. The Morgan fingerprint density at radius 3 is 2.26 bits per heavy atom. The Bertz CT molecular complexity index is 483. The fraction of sp³-hybridized carbons (Fsp3) is 0.267. The summed E-state index contributed by atoms with van der Waals surface area (Å²) in [5.41, 5.74) is 6.58. The Morgan fingerprint density at radius 2 is 1.68 bits per heavy atom. The topological polar surface area (TPSA) is 57.4 Å². The summed E-state index contributed by atoms with van der Waals surface area (Å²) in [6, 6.07) is 13.3. The Labute approximate surface area is 113 Å². The molecule has 19 heavy (non-hydrogen) atoms. The summed E-state index contributed by atoms with van der Waals surface area (Å²) in [5, 5.41) is 0. The van der Waals surface area contributed by atoms with Crippen molar-refractivity contribution < 1.29 is 9.47 Å². The van der Waals surface area contributed by atoms with Gasteiger partial charge in [0, 0.05) is 6.04 Å². The van der Waals surface area contributed by atoms with Gasteiger partial charge in [-0.05, 0) is 31.2 Å². The quantitative estimate of drug-likeness (QED) is 0.809. The summed E-state index contributed by atoms with van der Waals surface area (Å²) in [6.07, 6.45) is 1.68. The maximum atomic E-state index is 5.73. The molecule has 4 heteroatoms. The van der Waals surface area contributed by atoms with E-state index < -0.39 is 0 Å². The molecule has 0 aliphatic rings. The summed E-state index contributed by atoms with van der Waals surface area (Å²) in [4.78, 5) is 4.22. The fourth-order valence-electron chi connectivity index (χ4n) is 1.58. The summed E-state index contributed by atoms with van der Waals surface area (Å²) in [5.74, 6) is 1.57. The van der Waals surface area contributed by atoms with Gasteiger partial charge in [-0.25, -0.2) is 0 Å². The van der Waals surface area contributed by atoms with Gasteiger partial charge >= 0.3 is 0 Å². The number of hydrogen-bond donors (Lipinski definition) is 1. The molecule has 1 aromatic carbocycles. The lowest BCUT2D eigenvalue weighted by Crippen LogP contribution is -2.10. The highest BCUT2D eigenvalue weighted by Gasteiger charge is 2.01. The van der Waals surface area contributed by atoms with Crippen LogP contribution in [0.25, 0.3) is 0 Å². The third kappa shape index (κ3) is 4.26. The second-order valence-corrected chi connectivity index (χ2v) is 4.22. The van der Waals surface area contributed by atoms with Crippen molar-refractivity contribution in [1.82, 2.24) is 4.98 Å². The van der Waals surface area contributed by atoms with Crippen LogP contribution >= 0.6 is 0 Å². The first-order chi connectivity index (χ1) is 9.25. The third-order valence-corrected chi connectivity index (χ3v) is 2.59. The smallest absolute Gasteiger partial charge is 0.137 e. The van der Waals surface area contributed by atoms with Gasteiger partial charge in [-0.2, -0.15) is 0 Å². The molecule has 2 N–H and O–H groups in total. The average molecular weight is 258 g/mol. The normalized spacial score (nSPS) is 11.9. The Hall–Kier alpha value is -2.07. The molecular formula is C15H18N2O2. The van der Waals surface area contributed by atoms with Gasteiger partial charge in [0.2, 0.25) is 0 Å².